The predicted molar refractivity (Wildman–Crippen MR) is 84.2 cm³/mol. The zero-order chi connectivity index (χ0) is 17.3. The van der Waals surface area contributed by atoms with Gasteiger partial charge in [-0.3, -0.25) is 4.79 Å². The average molecular weight is 337 g/mol. The topological polar surface area (TPSA) is 86.3 Å². The van der Waals surface area contributed by atoms with Crippen molar-refractivity contribution < 1.29 is 28.8 Å². The number of aliphatic hydroxyl groups excluding tert-OH is 1. The van der Waals surface area contributed by atoms with Crippen LogP contribution in [0.2, 0.25) is 0 Å². The number of hydrogen-bond donors (Lipinski definition) is 2. The van der Waals surface area contributed by atoms with Crippen LogP contribution < -0.4 is 10.1 Å². The summed E-state index contributed by atoms with van der Waals surface area (Å²) in [6, 6.07) is 8.35. The van der Waals surface area contributed by atoms with E-state index >= 15 is 0 Å². The maximum absolute atomic E-state index is 11.5. The second-order valence-corrected chi connectivity index (χ2v) is 6.48. The Balaban J connectivity index is 1.81. The minimum absolute atomic E-state index is 0.274. The fourth-order valence-corrected chi connectivity index (χ4v) is 2.97. The molecule has 132 valence electrons. The summed E-state index contributed by atoms with van der Waals surface area (Å²) in [6.07, 6.45) is -2.92. The molecule has 2 heterocycles. The van der Waals surface area contributed by atoms with Crippen LogP contribution in [0.25, 0.3) is 0 Å². The molecule has 0 saturated carbocycles. The van der Waals surface area contributed by atoms with E-state index in [9.17, 15) is 9.90 Å². The first kappa shape index (κ1) is 17.2. The number of ether oxygens (including phenoxy) is 4. The van der Waals surface area contributed by atoms with Crippen LogP contribution in [-0.4, -0.2) is 54.1 Å². The first-order valence-corrected chi connectivity index (χ1v) is 8.00. The molecule has 2 aliphatic heterocycles. The highest BCUT2D eigenvalue weighted by Gasteiger charge is 2.52. The number of benzene rings is 1. The molecule has 1 amide bonds. The molecule has 0 spiro atoms. The third kappa shape index (κ3) is 3.70. The molecule has 1 aromatic rings. The largest absolute Gasteiger partial charge is 0.463 e. The van der Waals surface area contributed by atoms with Crippen molar-refractivity contribution in [3.05, 3.63) is 30.3 Å². The van der Waals surface area contributed by atoms with Crippen molar-refractivity contribution in [1.82, 2.24) is 5.32 Å². The van der Waals surface area contributed by atoms with Gasteiger partial charge in [0.15, 0.2) is 5.79 Å². The van der Waals surface area contributed by atoms with E-state index < -0.39 is 36.4 Å². The van der Waals surface area contributed by atoms with Gasteiger partial charge in [0.1, 0.15) is 30.1 Å². The smallest absolute Gasteiger partial charge is 0.223 e. The second kappa shape index (κ2) is 6.68. The molecular weight excluding hydrogens is 314 g/mol. The normalized spacial score (nSPS) is 34.9. The van der Waals surface area contributed by atoms with Gasteiger partial charge in [0.2, 0.25) is 12.2 Å². The number of carbonyl (C=O) groups is 1. The number of carbonyl (C=O) groups excluding carboxylic acids is 1. The molecule has 2 saturated heterocycles. The van der Waals surface area contributed by atoms with E-state index in [1.807, 2.05) is 18.2 Å². The molecule has 0 radical (unpaired) electrons. The van der Waals surface area contributed by atoms with E-state index in [-0.39, 0.29) is 12.5 Å². The van der Waals surface area contributed by atoms with E-state index in [0.29, 0.717) is 5.75 Å². The predicted octanol–water partition coefficient (Wildman–Crippen LogP) is 0.807. The molecule has 2 fully saturated rings. The number of rotatable bonds is 3. The fraction of sp³-hybridized carbons (Fsp3) is 0.588. The molecule has 0 aliphatic carbocycles. The average Bonchev–Trinajstić information content (AvgIpc) is 2.52. The van der Waals surface area contributed by atoms with Crippen molar-refractivity contribution >= 4 is 5.91 Å². The Bertz CT molecular complexity index is 578. The van der Waals surface area contributed by atoms with E-state index in [4.69, 9.17) is 18.9 Å². The van der Waals surface area contributed by atoms with Gasteiger partial charge in [0, 0.05) is 6.92 Å². The molecule has 7 nitrogen and oxygen atoms in total. The van der Waals surface area contributed by atoms with E-state index in [0.717, 1.165) is 0 Å². The van der Waals surface area contributed by atoms with Gasteiger partial charge in [-0.2, -0.15) is 0 Å². The lowest BCUT2D eigenvalue weighted by molar-refractivity contribution is -0.361. The van der Waals surface area contributed by atoms with E-state index in [1.54, 1.807) is 26.0 Å². The zero-order valence-electron chi connectivity index (χ0n) is 14.0. The van der Waals surface area contributed by atoms with Crippen molar-refractivity contribution in [2.45, 2.75) is 57.2 Å². The number of aliphatic hydroxyl groups is 1. The summed E-state index contributed by atoms with van der Waals surface area (Å²) in [5, 5.41) is 13.4. The van der Waals surface area contributed by atoms with Crippen LogP contribution in [0.15, 0.2) is 30.3 Å². The Hall–Kier alpha value is -1.67. The van der Waals surface area contributed by atoms with Crippen LogP contribution in [-0.2, 0) is 19.0 Å². The summed E-state index contributed by atoms with van der Waals surface area (Å²) in [6.45, 7) is 5.20. The van der Waals surface area contributed by atoms with Crippen LogP contribution in [0.4, 0.5) is 0 Å². The molecule has 0 unspecified atom stereocenters. The highest BCUT2D eigenvalue weighted by Crippen LogP contribution is 2.33. The second-order valence-electron chi connectivity index (χ2n) is 6.48. The Morgan fingerprint density at radius 1 is 1.33 bits per heavy atom. The molecule has 2 N–H and O–H groups in total. The van der Waals surface area contributed by atoms with Crippen LogP contribution in [0, 0.1) is 0 Å². The molecule has 1 aromatic carbocycles. The van der Waals surface area contributed by atoms with E-state index in [1.165, 1.54) is 6.92 Å². The van der Waals surface area contributed by atoms with Gasteiger partial charge in [-0.1, -0.05) is 18.2 Å². The first-order valence-electron chi connectivity index (χ1n) is 8.00. The number of hydrogen-bond acceptors (Lipinski definition) is 6. The Labute approximate surface area is 140 Å². The molecule has 24 heavy (non-hydrogen) atoms. The Morgan fingerprint density at radius 3 is 2.71 bits per heavy atom. The third-order valence-corrected chi connectivity index (χ3v) is 4.05. The summed E-state index contributed by atoms with van der Waals surface area (Å²) >= 11 is 0. The molecule has 0 bridgehead atoms. The Kier molecular flexibility index (Phi) is 4.78. The van der Waals surface area contributed by atoms with E-state index in [2.05, 4.69) is 5.32 Å². The van der Waals surface area contributed by atoms with Gasteiger partial charge in [-0.15, -0.1) is 0 Å². The lowest BCUT2D eigenvalue weighted by atomic mass is 9.95. The lowest BCUT2D eigenvalue weighted by Crippen LogP contribution is -2.69. The van der Waals surface area contributed by atoms with Crippen LogP contribution in [0.5, 0.6) is 5.75 Å². The zero-order valence-corrected chi connectivity index (χ0v) is 14.0. The maximum Gasteiger partial charge on any atom is 0.223 e. The minimum atomic E-state index is -0.982. The molecule has 2 aliphatic rings. The standard InChI is InChI=1S/C17H23NO6/c1-10(19)18-13-14(20)15-12(9-21-17(2,3)24-15)23-16(13)22-11-7-5-4-6-8-11/h4-8,12-16,20H,9H2,1-3H3,(H,18,19)/t12-,13-,14-,15-,16+/m1/s1. The summed E-state index contributed by atoms with van der Waals surface area (Å²) in [7, 11) is 0. The maximum atomic E-state index is 11.5. The van der Waals surface area contributed by atoms with Crippen molar-refractivity contribution in [3.63, 3.8) is 0 Å². The van der Waals surface area contributed by atoms with Gasteiger partial charge in [-0.25, -0.2) is 0 Å². The summed E-state index contributed by atoms with van der Waals surface area (Å²) in [4.78, 5) is 11.5. The number of fused-ring (bicyclic) bond motifs is 1. The van der Waals surface area contributed by atoms with Gasteiger partial charge in [0.25, 0.3) is 0 Å². The summed E-state index contributed by atoms with van der Waals surface area (Å²) in [5.41, 5.74) is 0. The SMILES string of the molecule is CC(=O)N[C@H]1[C@@H](Oc2ccccc2)O[C@@H]2COC(C)(C)O[C@H]2[C@@H]1O. The quantitative estimate of drug-likeness (QED) is 0.849. The van der Waals surface area contributed by atoms with Crippen molar-refractivity contribution in [1.29, 1.82) is 0 Å². The fourth-order valence-electron chi connectivity index (χ4n) is 2.97. The molecule has 7 heteroatoms. The van der Waals surface area contributed by atoms with Gasteiger partial charge < -0.3 is 29.4 Å². The number of amides is 1. The third-order valence-electron chi connectivity index (χ3n) is 4.05. The van der Waals surface area contributed by atoms with Crippen LogP contribution >= 0.6 is 0 Å². The highest BCUT2D eigenvalue weighted by molar-refractivity contribution is 5.73. The van der Waals surface area contributed by atoms with Gasteiger partial charge >= 0.3 is 0 Å². The lowest BCUT2D eigenvalue weighted by Gasteiger charge is -2.49. The molecule has 0 aromatic heterocycles. The van der Waals surface area contributed by atoms with Crippen molar-refractivity contribution in [2.75, 3.05) is 6.61 Å². The highest BCUT2D eigenvalue weighted by atomic mass is 16.8. The van der Waals surface area contributed by atoms with Gasteiger partial charge in [-0.05, 0) is 26.0 Å². The monoisotopic (exact) mass is 337 g/mol. The number of para-hydroxylation sites is 1. The molecule has 3 rings (SSSR count). The minimum Gasteiger partial charge on any atom is -0.463 e. The number of nitrogens with one attached hydrogen (secondary N) is 1. The van der Waals surface area contributed by atoms with Crippen molar-refractivity contribution in [3.8, 4) is 5.75 Å². The van der Waals surface area contributed by atoms with Crippen molar-refractivity contribution in [2.24, 2.45) is 0 Å². The Morgan fingerprint density at radius 2 is 2.04 bits per heavy atom. The summed E-state index contributed by atoms with van der Waals surface area (Å²) < 4.78 is 23.1. The summed E-state index contributed by atoms with van der Waals surface area (Å²) in [5.74, 6) is -0.519. The van der Waals surface area contributed by atoms with Crippen LogP contribution in [0.1, 0.15) is 20.8 Å². The van der Waals surface area contributed by atoms with Gasteiger partial charge in [0.05, 0.1) is 6.61 Å². The van der Waals surface area contributed by atoms with Crippen LogP contribution in [0.3, 0.4) is 0 Å². The first-order chi connectivity index (χ1) is 11.4. The molecular formula is C17H23NO6. The molecule has 5 atom stereocenters.